The van der Waals surface area contributed by atoms with Crippen molar-refractivity contribution < 1.29 is 9.90 Å². The molecular formula is C15H19NO2. The molecule has 18 heavy (non-hydrogen) atoms. The van der Waals surface area contributed by atoms with Crippen molar-refractivity contribution in [3.8, 4) is 0 Å². The summed E-state index contributed by atoms with van der Waals surface area (Å²) in [6.07, 6.45) is 4.29. The van der Waals surface area contributed by atoms with Crippen LogP contribution in [-0.4, -0.2) is 23.2 Å². The zero-order valence-corrected chi connectivity index (χ0v) is 10.5. The fraction of sp³-hybridized carbons (Fsp3) is 0.533. The van der Waals surface area contributed by atoms with Gasteiger partial charge in [0.2, 0.25) is 5.91 Å². The average Bonchev–Trinajstić information content (AvgIpc) is 3.20. The van der Waals surface area contributed by atoms with Gasteiger partial charge in [-0.05, 0) is 36.8 Å². The maximum absolute atomic E-state index is 11.6. The van der Waals surface area contributed by atoms with Crippen molar-refractivity contribution in [1.82, 2.24) is 5.32 Å². The first-order valence-electron chi connectivity index (χ1n) is 6.73. The van der Waals surface area contributed by atoms with Gasteiger partial charge in [-0.1, -0.05) is 24.3 Å². The van der Waals surface area contributed by atoms with E-state index in [0.29, 0.717) is 13.0 Å². The zero-order chi connectivity index (χ0) is 12.6. The van der Waals surface area contributed by atoms with Crippen LogP contribution in [0.1, 0.15) is 30.4 Å². The lowest BCUT2D eigenvalue weighted by atomic mass is 9.80. The minimum absolute atomic E-state index is 0.113. The third kappa shape index (κ3) is 2.41. The summed E-state index contributed by atoms with van der Waals surface area (Å²) in [5.41, 5.74) is 1.78. The van der Waals surface area contributed by atoms with Crippen molar-refractivity contribution in [2.75, 3.05) is 6.54 Å². The van der Waals surface area contributed by atoms with Gasteiger partial charge < -0.3 is 10.4 Å². The Kier molecular flexibility index (Phi) is 2.86. The fourth-order valence-corrected chi connectivity index (χ4v) is 2.68. The molecule has 2 N–H and O–H groups in total. The van der Waals surface area contributed by atoms with Crippen molar-refractivity contribution in [3.63, 3.8) is 0 Å². The van der Waals surface area contributed by atoms with Crippen LogP contribution in [0.25, 0.3) is 0 Å². The van der Waals surface area contributed by atoms with Crippen LogP contribution < -0.4 is 5.32 Å². The smallest absolute Gasteiger partial charge is 0.223 e. The standard InChI is InChI=1S/C15H19NO2/c17-14(12-5-6-12)16-10-15(18)8-7-11-3-1-2-4-13(11)9-15/h1-4,12,18H,5-10H2,(H,16,17). The molecule has 1 amide bonds. The van der Waals surface area contributed by atoms with E-state index in [1.807, 2.05) is 12.1 Å². The number of rotatable bonds is 3. The van der Waals surface area contributed by atoms with Gasteiger partial charge in [-0.25, -0.2) is 0 Å². The molecule has 1 unspecified atom stereocenters. The minimum atomic E-state index is -0.765. The summed E-state index contributed by atoms with van der Waals surface area (Å²) >= 11 is 0. The fourth-order valence-electron chi connectivity index (χ4n) is 2.68. The van der Waals surface area contributed by atoms with Crippen LogP contribution >= 0.6 is 0 Å². The molecule has 0 heterocycles. The Morgan fingerprint density at radius 1 is 1.33 bits per heavy atom. The summed E-state index contributed by atoms with van der Waals surface area (Å²) < 4.78 is 0. The Hall–Kier alpha value is -1.35. The minimum Gasteiger partial charge on any atom is -0.388 e. The van der Waals surface area contributed by atoms with E-state index in [2.05, 4.69) is 17.4 Å². The van der Waals surface area contributed by atoms with E-state index < -0.39 is 5.60 Å². The highest BCUT2D eigenvalue weighted by atomic mass is 16.3. The number of fused-ring (bicyclic) bond motifs is 1. The van der Waals surface area contributed by atoms with Gasteiger partial charge in [-0.2, -0.15) is 0 Å². The monoisotopic (exact) mass is 245 g/mol. The van der Waals surface area contributed by atoms with Crippen LogP contribution in [0.2, 0.25) is 0 Å². The summed E-state index contributed by atoms with van der Waals surface area (Å²) in [4.78, 5) is 11.6. The van der Waals surface area contributed by atoms with Gasteiger partial charge >= 0.3 is 0 Å². The Bertz CT molecular complexity index is 467. The molecule has 2 aliphatic rings. The molecule has 3 rings (SSSR count). The van der Waals surface area contributed by atoms with E-state index in [-0.39, 0.29) is 11.8 Å². The van der Waals surface area contributed by atoms with Crippen LogP contribution in [0.5, 0.6) is 0 Å². The molecule has 3 heteroatoms. The Morgan fingerprint density at radius 2 is 2.06 bits per heavy atom. The summed E-state index contributed by atoms with van der Waals surface area (Å²) in [5.74, 6) is 0.326. The molecule has 0 bridgehead atoms. The maximum Gasteiger partial charge on any atom is 0.223 e. The van der Waals surface area contributed by atoms with Gasteiger partial charge in [0.25, 0.3) is 0 Å². The first-order valence-corrected chi connectivity index (χ1v) is 6.73. The lowest BCUT2D eigenvalue weighted by Gasteiger charge is -2.33. The largest absolute Gasteiger partial charge is 0.388 e. The zero-order valence-electron chi connectivity index (χ0n) is 10.5. The first-order chi connectivity index (χ1) is 8.66. The molecule has 1 saturated carbocycles. The first kappa shape index (κ1) is 11.7. The number of hydrogen-bond donors (Lipinski definition) is 2. The second kappa shape index (κ2) is 4.39. The molecule has 0 saturated heterocycles. The summed E-state index contributed by atoms with van der Waals surface area (Å²) in [6.45, 7) is 0.386. The van der Waals surface area contributed by atoms with Gasteiger partial charge in [-0.15, -0.1) is 0 Å². The van der Waals surface area contributed by atoms with Gasteiger partial charge in [0.15, 0.2) is 0 Å². The van der Waals surface area contributed by atoms with E-state index in [0.717, 1.165) is 25.7 Å². The molecule has 0 aromatic heterocycles. The lowest BCUT2D eigenvalue weighted by molar-refractivity contribution is -0.123. The van der Waals surface area contributed by atoms with E-state index in [1.165, 1.54) is 11.1 Å². The number of nitrogens with one attached hydrogen (secondary N) is 1. The lowest BCUT2D eigenvalue weighted by Crippen LogP contribution is -2.47. The predicted molar refractivity (Wildman–Crippen MR) is 69.2 cm³/mol. The Morgan fingerprint density at radius 3 is 2.78 bits per heavy atom. The summed E-state index contributed by atoms with van der Waals surface area (Å²) in [5, 5.41) is 13.5. The Labute approximate surface area is 107 Å². The molecule has 1 atom stereocenters. The number of carbonyl (C=O) groups excluding carboxylic acids is 1. The highest BCUT2D eigenvalue weighted by Crippen LogP contribution is 2.30. The van der Waals surface area contributed by atoms with Gasteiger partial charge in [-0.3, -0.25) is 4.79 Å². The van der Waals surface area contributed by atoms with Crippen LogP contribution in [0, 0.1) is 5.92 Å². The molecule has 2 aliphatic carbocycles. The third-order valence-electron chi connectivity index (χ3n) is 4.04. The van der Waals surface area contributed by atoms with Crippen LogP contribution in [-0.2, 0) is 17.6 Å². The van der Waals surface area contributed by atoms with E-state index >= 15 is 0 Å². The molecule has 3 nitrogen and oxygen atoms in total. The van der Waals surface area contributed by atoms with E-state index in [4.69, 9.17) is 0 Å². The molecule has 0 aliphatic heterocycles. The van der Waals surface area contributed by atoms with Gasteiger partial charge in [0.05, 0.1) is 5.60 Å². The maximum atomic E-state index is 11.6. The number of carbonyl (C=O) groups is 1. The molecular weight excluding hydrogens is 226 g/mol. The van der Waals surface area contributed by atoms with Crippen LogP contribution in [0.3, 0.4) is 0 Å². The number of hydrogen-bond acceptors (Lipinski definition) is 2. The molecule has 1 aromatic carbocycles. The predicted octanol–water partition coefficient (Wildman–Crippen LogP) is 1.43. The molecule has 1 fully saturated rings. The molecule has 1 aromatic rings. The van der Waals surface area contributed by atoms with Crippen LogP contribution in [0.15, 0.2) is 24.3 Å². The van der Waals surface area contributed by atoms with Crippen molar-refractivity contribution in [1.29, 1.82) is 0 Å². The average molecular weight is 245 g/mol. The second-order valence-corrected chi connectivity index (χ2v) is 5.66. The molecule has 0 radical (unpaired) electrons. The highest BCUT2D eigenvalue weighted by molar-refractivity contribution is 5.80. The van der Waals surface area contributed by atoms with Crippen molar-refractivity contribution >= 4 is 5.91 Å². The van der Waals surface area contributed by atoms with E-state index in [9.17, 15) is 9.90 Å². The highest BCUT2D eigenvalue weighted by Gasteiger charge is 2.35. The number of aryl methyl sites for hydroxylation is 1. The molecule has 96 valence electrons. The quantitative estimate of drug-likeness (QED) is 0.846. The van der Waals surface area contributed by atoms with Crippen molar-refractivity contribution in [3.05, 3.63) is 35.4 Å². The number of amides is 1. The summed E-state index contributed by atoms with van der Waals surface area (Å²) in [6, 6.07) is 8.24. The number of benzene rings is 1. The SMILES string of the molecule is O=C(NCC1(O)CCc2ccccc2C1)C1CC1. The second-order valence-electron chi connectivity index (χ2n) is 5.66. The van der Waals surface area contributed by atoms with Gasteiger partial charge in [0.1, 0.15) is 0 Å². The van der Waals surface area contributed by atoms with E-state index in [1.54, 1.807) is 0 Å². The van der Waals surface area contributed by atoms with Crippen LogP contribution in [0.4, 0.5) is 0 Å². The molecule has 0 spiro atoms. The number of aliphatic hydroxyl groups is 1. The van der Waals surface area contributed by atoms with Crippen molar-refractivity contribution in [2.24, 2.45) is 5.92 Å². The third-order valence-corrected chi connectivity index (χ3v) is 4.04. The Balaban J connectivity index is 1.63. The topological polar surface area (TPSA) is 49.3 Å². The van der Waals surface area contributed by atoms with Crippen molar-refractivity contribution in [2.45, 2.75) is 37.7 Å². The van der Waals surface area contributed by atoms with Gasteiger partial charge in [0, 0.05) is 18.9 Å². The normalized spacial score (nSPS) is 26.5. The summed E-state index contributed by atoms with van der Waals surface area (Å²) in [7, 11) is 0.